The third-order valence-electron chi connectivity index (χ3n) is 2.96. The van der Waals surface area contributed by atoms with Crippen LogP contribution in [0.15, 0.2) is 45.7 Å². The van der Waals surface area contributed by atoms with Gasteiger partial charge in [0.15, 0.2) is 12.2 Å². The van der Waals surface area contributed by atoms with Crippen LogP contribution in [-0.4, -0.2) is 23.2 Å². The van der Waals surface area contributed by atoms with Gasteiger partial charge in [-0.05, 0) is 47.8 Å². The minimum Gasteiger partial charge on any atom is -0.443 e. The van der Waals surface area contributed by atoms with Crippen molar-refractivity contribution in [3.8, 4) is 11.3 Å². The van der Waals surface area contributed by atoms with E-state index < -0.39 is 0 Å². The van der Waals surface area contributed by atoms with Crippen LogP contribution < -0.4 is 10.7 Å². The van der Waals surface area contributed by atoms with Crippen LogP contribution in [0.25, 0.3) is 11.3 Å². The number of benzene rings is 1. The first-order valence-corrected chi connectivity index (χ1v) is 8.78. The van der Waals surface area contributed by atoms with E-state index in [1.54, 1.807) is 23.7 Å². The molecule has 1 aromatic carbocycles. The van der Waals surface area contributed by atoms with Crippen LogP contribution in [0.5, 0.6) is 0 Å². The molecule has 0 fully saturated rings. The number of thiazole rings is 1. The van der Waals surface area contributed by atoms with Gasteiger partial charge in [-0.2, -0.15) is 5.10 Å². The minimum absolute atomic E-state index is 0.754. The highest BCUT2D eigenvalue weighted by Crippen LogP contribution is 2.27. The Morgan fingerprint density at radius 3 is 3.09 bits per heavy atom. The smallest absolute Gasteiger partial charge is 0.181 e. The second kappa shape index (κ2) is 7.66. The highest BCUT2D eigenvalue weighted by Gasteiger charge is 2.07. The summed E-state index contributed by atoms with van der Waals surface area (Å²) in [6.07, 6.45) is 4.85. The number of oxazole rings is 1. The van der Waals surface area contributed by atoms with Gasteiger partial charge in [0, 0.05) is 21.1 Å². The van der Waals surface area contributed by atoms with E-state index in [2.05, 4.69) is 48.4 Å². The molecule has 0 unspecified atom stereocenters. The van der Waals surface area contributed by atoms with Crippen LogP contribution in [0.1, 0.15) is 10.7 Å². The number of hydrazone groups is 1. The predicted molar refractivity (Wildman–Crippen MR) is 101 cm³/mol. The molecule has 2 heterocycles. The highest BCUT2D eigenvalue weighted by molar-refractivity contribution is 14.1. The maximum Gasteiger partial charge on any atom is 0.181 e. The molecule has 2 N–H and O–H groups in total. The molecule has 0 saturated heterocycles. The van der Waals surface area contributed by atoms with Gasteiger partial charge in [-0.25, -0.2) is 9.97 Å². The summed E-state index contributed by atoms with van der Waals surface area (Å²) in [4.78, 5) is 8.38. The van der Waals surface area contributed by atoms with Crippen molar-refractivity contribution < 1.29 is 4.42 Å². The van der Waals surface area contributed by atoms with Crippen molar-refractivity contribution in [3.05, 3.63) is 50.4 Å². The summed E-state index contributed by atoms with van der Waals surface area (Å²) in [5, 5.41) is 10.2. The van der Waals surface area contributed by atoms with Crippen LogP contribution >= 0.6 is 33.9 Å². The largest absolute Gasteiger partial charge is 0.443 e. The summed E-state index contributed by atoms with van der Waals surface area (Å²) >= 11 is 3.83. The molecule has 0 spiro atoms. The molecule has 0 aliphatic carbocycles. The van der Waals surface area contributed by atoms with E-state index in [9.17, 15) is 0 Å². The summed E-state index contributed by atoms with van der Waals surface area (Å²) in [5.74, 6) is 0.754. The van der Waals surface area contributed by atoms with Crippen molar-refractivity contribution in [2.24, 2.45) is 5.10 Å². The number of halogens is 1. The molecule has 118 valence electrons. The van der Waals surface area contributed by atoms with Crippen molar-refractivity contribution >= 4 is 45.8 Å². The zero-order chi connectivity index (χ0) is 16.1. The van der Waals surface area contributed by atoms with E-state index in [-0.39, 0.29) is 0 Å². The summed E-state index contributed by atoms with van der Waals surface area (Å²) in [5.41, 5.74) is 5.95. The third-order valence-corrected chi connectivity index (χ3v) is 4.68. The SMILES string of the molecule is CNCc1csc(/C=N/Nc2ccc(-c3cnco3)c(I)c2)n1. The number of hydrogen-bond acceptors (Lipinski definition) is 7. The highest BCUT2D eigenvalue weighted by atomic mass is 127. The summed E-state index contributed by atoms with van der Waals surface area (Å²) in [7, 11) is 1.90. The van der Waals surface area contributed by atoms with Gasteiger partial charge < -0.3 is 9.73 Å². The first kappa shape index (κ1) is 16.1. The molecular formula is C15H14IN5OS. The Balaban J connectivity index is 1.66. The average Bonchev–Trinajstić information content (AvgIpc) is 3.20. The predicted octanol–water partition coefficient (Wildman–Crippen LogP) is 3.57. The molecule has 0 bridgehead atoms. The number of aromatic nitrogens is 2. The van der Waals surface area contributed by atoms with Crippen LogP contribution in [0.2, 0.25) is 0 Å². The van der Waals surface area contributed by atoms with Gasteiger partial charge in [-0.1, -0.05) is 0 Å². The van der Waals surface area contributed by atoms with Gasteiger partial charge in [0.2, 0.25) is 0 Å². The molecule has 0 amide bonds. The molecule has 0 aliphatic heterocycles. The van der Waals surface area contributed by atoms with Gasteiger partial charge in [0.1, 0.15) is 5.01 Å². The molecule has 0 saturated carbocycles. The molecular weight excluding hydrogens is 425 g/mol. The number of rotatable bonds is 6. The fourth-order valence-corrected chi connectivity index (χ4v) is 3.40. The Morgan fingerprint density at radius 1 is 1.43 bits per heavy atom. The van der Waals surface area contributed by atoms with Crippen molar-refractivity contribution in [1.29, 1.82) is 0 Å². The second-order valence-corrected chi connectivity index (χ2v) is 6.69. The Morgan fingerprint density at radius 2 is 2.35 bits per heavy atom. The second-order valence-electron chi connectivity index (χ2n) is 4.64. The normalized spacial score (nSPS) is 11.2. The van der Waals surface area contributed by atoms with Gasteiger partial charge in [-0.3, -0.25) is 5.43 Å². The van der Waals surface area contributed by atoms with Crippen LogP contribution in [0.3, 0.4) is 0 Å². The fourth-order valence-electron chi connectivity index (χ4n) is 1.94. The maximum atomic E-state index is 5.32. The molecule has 0 aliphatic rings. The number of nitrogens with one attached hydrogen (secondary N) is 2. The molecule has 3 aromatic rings. The molecule has 2 aromatic heterocycles. The molecule has 8 heteroatoms. The quantitative estimate of drug-likeness (QED) is 0.349. The fraction of sp³-hybridized carbons (Fsp3) is 0.133. The molecule has 6 nitrogen and oxygen atoms in total. The van der Waals surface area contributed by atoms with E-state index in [0.29, 0.717) is 0 Å². The molecule has 0 atom stereocenters. The lowest BCUT2D eigenvalue weighted by Crippen LogP contribution is -2.05. The van der Waals surface area contributed by atoms with E-state index in [1.807, 2.05) is 30.6 Å². The lowest BCUT2D eigenvalue weighted by atomic mass is 10.2. The van der Waals surface area contributed by atoms with E-state index in [1.165, 1.54) is 6.39 Å². The van der Waals surface area contributed by atoms with E-state index >= 15 is 0 Å². The van der Waals surface area contributed by atoms with Crippen molar-refractivity contribution in [2.75, 3.05) is 12.5 Å². The molecule has 0 radical (unpaired) electrons. The summed E-state index contributed by atoms with van der Waals surface area (Å²) in [6.45, 7) is 0.763. The standard InChI is InChI=1S/C15H14IN5OS/c1-17-5-11-8-23-15(20-11)7-19-21-10-2-3-12(13(16)4-10)14-6-18-9-22-14/h2-4,6-9,17,21H,5H2,1H3/b19-7+. The Bertz CT molecular complexity index is 800. The Kier molecular flexibility index (Phi) is 5.36. The minimum atomic E-state index is 0.754. The first-order valence-electron chi connectivity index (χ1n) is 6.83. The van der Waals surface area contributed by atoms with Crippen LogP contribution in [0.4, 0.5) is 5.69 Å². The average molecular weight is 439 g/mol. The van der Waals surface area contributed by atoms with Crippen molar-refractivity contribution in [2.45, 2.75) is 6.54 Å². The first-order chi connectivity index (χ1) is 11.3. The van der Waals surface area contributed by atoms with Gasteiger partial charge in [0.25, 0.3) is 0 Å². The van der Waals surface area contributed by atoms with Crippen LogP contribution in [0, 0.1) is 3.57 Å². The lowest BCUT2D eigenvalue weighted by Gasteiger charge is -2.04. The Labute approximate surface area is 151 Å². The number of nitrogens with zero attached hydrogens (tertiary/aromatic N) is 3. The van der Waals surface area contributed by atoms with Crippen molar-refractivity contribution in [3.63, 3.8) is 0 Å². The van der Waals surface area contributed by atoms with Crippen LogP contribution in [-0.2, 0) is 6.54 Å². The zero-order valence-corrected chi connectivity index (χ0v) is 15.3. The third kappa shape index (κ3) is 4.15. The van der Waals surface area contributed by atoms with E-state index in [0.717, 1.165) is 37.8 Å². The Hall–Kier alpha value is -1.78. The summed E-state index contributed by atoms with van der Waals surface area (Å²) < 4.78 is 6.38. The van der Waals surface area contributed by atoms with E-state index in [4.69, 9.17) is 4.42 Å². The monoisotopic (exact) mass is 439 g/mol. The molecule has 23 heavy (non-hydrogen) atoms. The van der Waals surface area contributed by atoms with Gasteiger partial charge in [-0.15, -0.1) is 11.3 Å². The zero-order valence-electron chi connectivity index (χ0n) is 12.3. The summed E-state index contributed by atoms with van der Waals surface area (Å²) in [6, 6.07) is 5.93. The number of anilines is 1. The lowest BCUT2D eigenvalue weighted by molar-refractivity contribution is 0.571. The van der Waals surface area contributed by atoms with Crippen molar-refractivity contribution in [1.82, 2.24) is 15.3 Å². The molecule has 3 rings (SSSR count). The number of hydrogen-bond donors (Lipinski definition) is 2. The van der Waals surface area contributed by atoms with Gasteiger partial charge in [0.05, 0.1) is 23.8 Å². The van der Waals surface area contributed by atoms with Gasteiger partial charge >= 0.3 is 0 Å². The topological polar surface area (TPSA) is 75.3 Å². The maximum absolute atomic E-state index is 5.32.